The molecule has 0 saturated carbocycles. The van der Waals surface area contributed by atoms with Crippen LogP contribution in [0.3, 0.4) is 0 Å². The smallest absolute Gasteiger partial charge is 0.194 e. The van der Waals surface area contributed by atoms with Crippen LogP contribution < -0.4 is 10.2 Å². The highest BCUT2D eigenvalue weighted by Crippen LogP contribution is 2.20. The molecule has 2 heterocycles. The van der Waals surface area contributed by atoms with Crippen LogP contribution >= 0.6 is 24.0 Å². The van der Waals surface area contributed by atoms with Gasteiger partial charge in [-0.15, -0.1) is 24.0 Å². The van der Waals surface area contributed by atoms with Crippen molar-refractivity contribution in [3.05, 3.63) is 30.1 Å². The highest BCUT2D eigenvalue weighted by Gasteiger charge is 2.23. The van der Waals surface area contributed by atoms with E-state index in [1.54, 1.807) is 6.07 Å². The average Bonchev–Trinajstić information content (AvgIpc) is 2.69. The Balaban J connectivity index is 0.00000300. The van der Waals surface area contributed by atoms with Gasteiger partial charge in [-0.3, -0.25) is 9.89 Å². The van der Waals surface area contributed by atoms with E-state index < -0.39 is 9.84 Å². The van der Waals surface area contributed by atoms with Crippen molar-refractivity contribution in [1.82, 2.24) is 15.1 Å². The zero-order valence-electron chi connectivity index (χ0n) is 16.9. The van der Waals surface area contributed by atoms with E-state index in [1.807, 2.05) is 19.1 Å². The van der Waals surface area contributed by atoms with Crippen molar-refractivity contribution < 1.29 is 12.8 Å². The molecule has 0 aromatic heterocycles. The standard InChI is InChI=1S/C19H30FN5O2S.HI/c1-2-21-19(22-7-8-23-13-15-28(26,27)16-14-23)25-11-9-24(10-12-25)18-6-4-3-5-17(18)20;/h3-6H,2,7-16H2,1H3,(H,21,22);1H. The number of rotatable bonds is 5. The molecule has 2 saturated heterocycles. The number of halogens is 2. The summed E-state index contributed by atoms with van der Waals surface area (Å²) in [5, 5.41) is 3.34. The SMILES string of the molecule is CCNC(=NCCN1CCS(=O)(=O)CC1)N1CCN(c2ccccc2F)CC1.I. The zero-order valence-corrected chi connectivity index (χ0v) is 20.0. The van der Waals surface area contributed by atoms with Crippen LogP contribution in [-0.2, 0) is 9.84 Å². The summed E-state index contributed by atoms with van der Waals surface area (Å²) in [6.45, 7) is 8.46. The molecule has 0 bridgehead atoms. The quantitative estimate of drug-likeness (QED) is 0.346. The Morgan fingerprint density at radius 1 is 1.10 bits per heavy atom. The minimum absolute atomic E-state index is 0. The minimum atomic E-state index is -2.84. The second kappa shape index (κ2) is 11.3. The molecule has 2 fully saturated rings. The number of piperazine rings is 1. The summed E-state index contributed by atoms with van der Waals surface area (Å²) in [6, 6.07) is 6.90. The largest absolute Gasteiger partial charge is 0.366 e. The molecule has 0 amide bonds. The van der Waals surface area contributed by atoms with Crippen LogP contribution in [0, 0.1) is 5.82 Å². The first-order valence-electron chi connectivity index (χ1n) is 9.94. The van der Waals surface area contributed by atoms with Crippen molar-refractivity contribution in [3.63, 3.8) is 0 Å². The molecule has 2 aliphatic heterocycles. The van der Waals surface area contributed by atoms with Crippen molar-refractivity contribution in [1.29, 1.82) is 0 Å². The molecule has 0 unspecified atom stereocenters. The number of anilines is 1. The summed E-state index contributed by atoms with van der Waals surface area (Å²) in [6.07, 6.45) is 0. The second-order valence-electron chi connectivity index (χ2n) is 7.15. The van der Waals surface area contributed by atoms with Gasteiger partial charge in [-0.2, -0.15) is 0 Å². The highest BCUT2D eigenvalue weighted by molar-refractivity contribution is 14.0. The lowest BCUT2D eigenvalue weighted by Gasteiger charge is -2.37. The van der Waals surface area contributed by atoms with E-state index in [4.69, 9.17) is 4.99 Å². The van der Waals surface area contributed by atoms with Gasteiger partial charge in [0.1, 0.15) is 5.82 Å². The summed E-state index contributed by atoms with van der Waals surface area (Å²) in [5.41, 5.74) is 0.657. The third-order valence-electron chi connectivity index (χ3n) is 5.22. The van der Waals surface area contributed by atoms with E-state index in [1.165, 1.54) is 6.07 Å². The molecule has 1 aromatic carbocycles. The molecular formula is C19H31FIN5O2S. The first kappa shape index (κ1) is 24.1. The van der Waals surface area contributed by atoms with E-state index in [-0.39, 0.29) is 41.3 Å². The van der Waals surface area contributed by atoms with E-state index in [0.29, 0.717) is 25.3 Å². The summed E-state index contributed by atoms with van der Waals surface area (Å²) in [5.74, 6) is 1.18. The van der Waals surface area contributed by atoms with Crippen LogP contribution in [0.2, 0.25) is 0 Å². The topological polar surface area (TPSA) is 68.2 Å². The number of aliphatic imine (C=N–C) groups is 1. The van der Waals surface area contributed by atoms with Gasteiger partial charge in [0.2, 0.25) is 0 Å². The van der Waals surface area contributed by atoms with E-state index >= 15 is 0 Å². The minimum Gasteiger partial charge on any atom is -0.366 e. The molecule has 7 nitrogen and oxygen atoms in total. The van der Waals surface area contributed by atoms with Crippen molar-refractivity contribution in [3.8, 4) is 0 Å². The number of hydrogen-bond acceptors (Lipinski definition) is 5. The fourth-order valence-corrected chi connectivity index (χ4v) is 4.84. The molecule has 0 aliphatic carbocycles. The van der Waals surface area contributed by atoms with Gasteiger partial charge >= 0.3 is 0 Å². The number of sulfone groups is 1. The maximum atomic E-state index is 14.0. The molecule has 0 spiro atoms. The van der Waals surface area contributed by atoms with Crippen LogP contribution in [0.4, 0.5) is 10.1 Å². The maximum absolute atomic E-state index is 14.0. The first-order valence-corrected chi connectivity index (χ1v) is 11.8. The van der Waals surface area contributed by atoms with Crippen LogP contribution in [0.5, 0.6) is 0 Å². The number of guanidine groups is 1. The highest BCUT2D eigenvalue weighted by atomic mass is 127. The van der Waals surface area contributed by atoms with Gasteiger partial charge in [0, 0.05) is 52.4 Å². The van der Waals surface area contributed by atoms with Crippen molar-refractivity contribution in [2.45, 2.75) is 6.92 Å². The van der Waals surface area contributed by atoms with Gasteiger partial charge < -0.3 is 15.1 Å². The van der Waals surface area contributed by atoms with Crippen molar-refractivity contribution in [2.24, 2.45) is 4.99 Å². The lowest BCUT2D eigenvalue weighted by Crippen LogP contribution is -2.53. The number of nitrogens with zero attached hydrogens (tertiary/aromatic N) is 4. The predicted octanol–water partition coefficient (Wildman–Crippen LogP) is 1.26. The Hall–Kier alpha value is -1.14. The van der Waals surface area contributed by atoms with Gasteiger partial charge in [0.15, 0.2) is 15.8 Å². The molecule has 1 aromatic rings. The molecule has 1 N–H and O–H groups in total. The van der Waals surface area contributed by atoms with E-state index in [2.05, 4.69) is 20.0 Å². The van der Waals surface area contributed by atoms with Crippen molar-refractivity contribution in [2.75, 3.05) is 75.3 Å². The average molecular weight is 539 g/mol. The molecule has 2 aliphatic rings. The fraction of sp³-hybridized carbons (Fsp3) is 0.632. The zero-order chi connectivity index (χ0) is 20.0. The fourth-order valence-electron chi connectivity index (χ4n) is 3.56. The van der Waals surface area contributed by atoms with E-state index in [9.17, 15) is 12.8 Å². The number of hydrogen-bond donors (Lipinski definition) is 1. The normalized spacial score (nSPS) is 20.3. The number of benzene rings is 1. The van der Waals surface area contributed by atoms with Crippen LogP contribution in [0.1, 0.15) is 6.92 Å². The lowest BCUT2D eigenvalue weighted by molar-refractivity contribution is 0.302. The third kappa shape index (κ3) is 6.95. The van der Waals surface area contributed by atoms with Gasteiger partial charge in [-0.25, -0.2) is 12.8 Å². The van der Waals surface area contributed by atoms with Gasteiger partial charge in [-0.1, -0.05) is 12.1 Å². The Morgan fingerprint density at radius 2 is 1.76 bits per heavy atom. The molecule has 10 heteroatoms. The van der Waals surface area contributed by atoms with Gasteiger partial charge in [0.25, 0.3) is 0 Å². The second-order valence-corrected chi connectivity index (χ2v) is 9.46. The van der Waals surface area contributed by atoms with Crippen LogP contribution in [0.15, 0.2) is 29.3 Å². The van der Waals surface area contributed by atoms with Crippen LogP contribution in [-0.4, -0.2) is 94.6 Å². The summed E-state index contributed by atoms with van der Waals surface area (Å²) >= 11 is 0. The molecule has 164 valence electrons. The summed E-state index contributed by atoms with van der Waals surface area (Å²) < 4.78 is 37.1. The molecule has 0 atom stereocenters. The lowest BCUT2D eigenvalue weighted by atomic mass is 10.2. The molecule has 3 rings (SSSR count). The van der Waals surface area contributed by atoms with E-state index in [0.717, 1.165) is 45.2 Å². The maximum Gasteiger partial charge on any atom is 0.194 e. The Bertz CT molecular complexity index is 771. The third-order valence-corrected chi connectivity index (χ3v) is 6.83. The summed E-state index contributed by atoms with van der Waals surface area (Å²) in [4.78, 5) is 11.2. The van der Waals surface area contributed by atoms with Crippen LogP contribution in [0.25, 0.3) is 0 Å². The van der Waals surface area contributed by atoms with Crippen molar-refractivity contribution >= 4 is 45.5 Å². The summed E-state index contributed by atoms with van der Waals surface area (Å²) in [7, 11) is -2.84. The Labute approximate surface area is 190 Å². The predicted molar refractivity (Wildman–Crippen MR) is 127 cm³/mol. The molecular weight excluding hydrogens is 508 g/mol. The Kier molecular flexibility index (Phi) is 9.41. The number of para-hydroxylation sites is 1. The molecule has 0 radical (unpaired) electrons. The first-order chi connectivity index (χ1) is 13.5. The van der Waals surface area contributed by atoms with Gasteiger partial charge in [-0.05, 0) is 19.1 Å². The van der Waals surface area contributed by atoms with Gasteiger partial charge in [0.05, 0.1) is 23.7 Å². The number of nitrogens with one attached hydrogen (secondary N) is 1. The molecule has 29 heavy (non-hydrogen) atoms. The Morgan fingerprint density at radius 3 is 2.38 bits per heavy atom. The monoisotopic (exact) mass is 539 g/mol.